The normalized spacial score (nSPS) is 12.3. The van der Waals surface area contributed by atoms with Crippen molar-refractivity contribution < 1.29 is 16.5 Å². The second kappa shape index (κ2) is 12.8. The number of nitrogens with zero attached hydrogens (tertiary/aromatic N) is 4. The van der Waals surface area contributed by atoms with E-state index in [4.69, 9.17) is 19.9 Å². The molecule has 0 unspecified atom stereocenters. The van der Waals surface area contributed by atoms with Crippen molar-refractivity contribution in [2.75, 3.05) is 0 Å². The molecule has 0 radical (unpaired) electrons. The van der Waals surface area contributed by atoms with Crippen molar-refractivity contribution in [3.8, 4) is 0 Å². The maximum Gasteiger partial charge on any atom is 2.00 e. The van der Waals surface area contributed by atoms with Crippen molar-refractivity contribution in [3.05, 3.63) is 140 Å². The number of hydrogen-bond donors (Lipinski definition) is 0. The van der Waals surface area contributed by atoms with Gasteiger partial charge in [0.2, 0.25) is 0 Å². The summed E-state index contributed by atoms with van der Waals surface area (Å²) in [4.78, 5) is 21.9. The number of rotatable bonds is 6. The first-order valence-electron chi connectivity index (χ1n) is 19.7. The van der Waals surface area contributed by atoms with Crippen LogP contribution in [-0.2, 0) is 29.3 Å². The molecule has 0 N–H and O–H groups in total. The van der Waals surface area contributed by atoms with Crippen molar-refractivity contribution in [1.82, 2.24) is 19.9 Å². The second-order valence-electron chi connectivity index (χ2n) is 15.4. The third kappa shape index (κ3) is 4.88. The molecule has 0 spiro atoms. The van der Waals surface area contributed by atoms with E-state index in [9.17, 15) is 0 Å². The van der Waals surface area contributed by atoms with E-state index in [0.717, 1.165) is 82.7 Å². The van der Waals surface area contributed by atoms with Crippen LogP contribution in [0.1, 0.15) is 61.8 Å². The van der Waals surface area contributed by atoms with Crippen LogP contribution in [0.4, 0.5) is 0 Å². The maximum atomic E-state index is 5.52. The molecular formula is C50H40N4Ni. The van der Waals surface area contributed by atoms with E-state index in [1.165, 1.54) is 86.2 Å². The van der Waals surface area contributed by atoms with Crippen LogP contribution >= 0.6 is 0 Å². The number of hydrogen-bond acceptors (Lipinski definition) is 2. The molecule has 7 aromatic rings. The van der Waals surface area contributed by atoms with Crippen molar-refractivity contribution in [1.29, 1.82) is 0 Å². The Morgan fingerprint density at radius 1 is 0.455 bits per heavy atom. The standard InChI is InChI=1S/C50H40N4.Ni/c1-5-7-17-31-27(3)37-23-41-47-33-19-9-13-29-15-11-21-35(45(29)33)49(47)43(53-41)26-44-50-36-22-12-16-30-14-10-20-34(46(30)36)48(50)42(54-44)24-38-28(4)32(18-8-6-2)40(52-38)25-39(31)51-37;/h9-16,19-26H,5-8,17-18H2,1-4H3;/q-2;+2. The minimum atomic E-state index is 0. The third-order valence-corrected chi connectivity index (χ3v) is 12.3. The fraction of sp³-hybridized carbons (Fsp3) is 0.200. The van der Waals surface area contributed by atoms with E-state index in [1.807, 2.05) is 0 Å². The third-order valence-electron chi connectivity index (χ3n) is 12.3. The number of aryl methyl sites for hydroxylation is 4. The summed E-state index contributed by atoms with van der Waals surface area (Å²) < 4.78 is 0. The van der Waals surface area contributed by atoms with Crippen LogP contribution in [0.3, 0.4) is 0 Å². The largest absolute Gasteiger partial charge is 2.00 e. The Balaban J connectivity index is 0.00000372. The van der Waals surface area contributed by atoms with Crippen LogP contribution in [0, 0.1) is 34.7 Å². The van der Waals surface area contributed by atoms with E-state index in [-0.39, 0.29) is 16.5 Å². The summed E-state index contributed by atoms with van der Waals surface area (Å²) in [7, 11) is 0. The first-order valence-corrected chi connectivity index (χ1v) is 19.7. The second-order valence-corrected chi connectivity index (χ2v) is 15.4. The fourth-order valence-electron chi connectivity index (χ4n) is 9.65. The first kappa shape index (κ1) is 34.0. The van der Waals surface area contributed by atoms with Crippen molar-refractivity contribution in [2.45, 2.75) is 66.2 Å². The van der Waals surface area contributed by atoms with E-state index in [2.05, 4.69) is 125 Å². The van der Waals surface area contributed by atoms with Crippen molar-refractivity contribution in [3.63, 3.8) is 0 Å². The molecule has 270 valence electrons. The number of benzene rings is 4. The van der Waals surface area contributed by atoms with Crippen molar-refractivity contribution in [2.24, 2.45) is 0 Å². The monoisotopic (exact) mass is 754 g/mol. The summed E-state index contributed by atoms with van der Waals surface area (Å²) in [6, 6.07) is 35.7. The molecule has 55 heavy (non-hydrogen) atoms. The molecule has 2 aliphatic heterocycles. The van der Waals surface area contributed by atoms with Gasteiger partial charge in [0.15, 0.2) is 0 Å². The zero-order chi connectivity index (χ0) is 36.2. The number of aromatic nitrogens is 4. The van der Waals surface area contributed by atoms with Gasteiger partial charge in [-0.1, -0.05) is 140 Å². The van der Waals surface area contributed by atoms with Crippen LogP contribution < -0.4 is 9.97 Å². The van der Waals surface area contributed by atoms with Gasteiger partial charge in [-0.3, -0.25) is 0 Å². The van der Waals surface area contributed by atoms with Gasteiger partial charge in [0, 0.05) is 20.9 Å². The van der Waals surface area contributed by atoms with Gasteiger partial charge in [-0.15, -0.1) is 22.1 Å². The summed E-state index contributed by atoms with van der Waals surface area (Å²) in [5.74, 6) is 0. The molecule has 0 fully saturated rings. The summed E-state index contributed by atoms with van der Waals surface area (Å²) in [6.45, 7) is 9.03. The minimum Gasteiger partial charge on any atom is -0.657 e. The molecule has 3 aromatic heterocycles. The molecule has 5 heteroatoms. The molecule has 0 saturated carbocycles. The predicted molar refractivity (Wildman–Crippen MR) is 226 cm³/mol. The van der Waals surface area contributed by atoms with Gasteiger partial charge in [-0.05, 0) is 88.7 Å². The Bertz CT molecular complexity index is 3260. The van der Waals surface area contributed by atoms with Gasteiger partial charge in [-0.25, -0.2) is 9.97 Å². The fourth-order valence-corrected chi connectivity index (χ4v) is 9.65. The van der Waals surface area contributed by atoms with Gasteiger partial charge in [-0.2, -0.15) is 0 Å². The molecule has 4 nitrogen and oxygen atoms in total. The van der Waals surface area contributed by atoms with Gasteiger partial charge < -0.3 is 9.97 Å². The molecule has 2 aliphatic carbocycles. The summed E-state index contributed by atoms with van der Waals surface area (Å²) in [5.41, 5.74) is 13.1. The van der Waals surface area contributed by atoms with E-state index < -0.39 is 0 Å². The molecule has 11 rings (SSSR count). The molecule has 4 aromatic carbocycles. The summed E-state index contributed by atoms with van der Waals surface area (Å²) in [5, 5.41) is 14.8. The van der Waals surface area contributed by atoms with Crippen LogP contribution in [0.25, 0.3) is 87.2 Å². The van der Waals surface area contributed by atoms with Gasteiger partial charge in [0.1, 0.15) is 0 Å². The van der Waals surface area contributed by atoms with Crippen LogP contribution in [0.2, 0.25) is 0 Å². The number of fused-ring (bicyclic) bond motifs is 16. The Kier molecular flexibility index (Phi) is 7.91. The molecule has 0 saturated heterocycles. The Labute approximate surface area is 328 Å². The quantitative estimate of drug-likeness (QED) is 0.159. The molecule has 0 amide bonds. The maximum absolute atomic E-state index is 5.52. The smallest absolute Gasteiger partial charge is 0.657 e. The minimum absolute atomic E-state index is 0. The molecular weight excluding hydrogens is 715 g/mol. The first-order chi connectivity index (χ1) is 26.5. The van der Waals surface area contributed by atoms with E-state index >= 15 is 0 Å². The molecule has 0 atom stereocenters. The van der Waals surface area contributed by atoms with Crippen LogP contribution in [0.5, 0.6) is 0 Å². The summed E-state index contributed by atoms with van der Waals surface area (Å²) in [6.07, 6.45) is 6.49. The topological polar surface area (TPSA) is 54.0 Å². The summed E-state index contributed by atoms with van der Waals surface area (Å²) >= 11 is 0. The van der Waals surface area contributed by atoms with Crippen molar-refractivity contribution >= 4 is 87.2 Å². The molecule has 8 bridgehead atoms. The SMILES string of the molecule is CCCCc1c(C)c2cc3nc(cc4nc(cc5[n-]c(cc1[n-]2)c(CCCC)c5C)c1c2cccc5cccc(c4=1)c52)c1c2cccc4cccc(c3=1)c42.[Ni+2]. The predicted octanol–water partition coefficient (Wildman–Crippen LogP) is 12.4. The molecule has 5 heterocycles. The van der Waals surface area contributed by atoms with Gasteiger partial charge in [0.25, 0.3) is 0 Å². The van der Waals surface area contributed by atoms with Gasteiger partial charge >= 0.3 is 16.5 Å². The van der Waals surface area contributed by atoms with E-state index in [0.29, 0.717) is 0 Å². The Morgan fingerprint density at radius 2 is 0.818 bits per heavy atom. The van der Waals surface area contributed by atoms with E-state index in [1.54, 1.807) is 0 Å². The number of unbranched alkanes of at least 4 members (excludes halogenated alkanes) is 2. The average molecular weight is 756 g/mol. The Morgan fingerprint density at radius 3 is 1.18 bits per heavy atom. The van der Waals surface area contributed by atoms with Gasteiger partial charge in [0.05, 0.1) is 22.1 Å². The zero-order valence-corrected chi connectivity index (χ0v) is 32.6. The zero-order valence-electron chi connectivity index (χ0n) is 31.6. The van der Waals surface area contributed by atoms with Crippen LogP contribution in [-0.4, -0.2) is 9.97 Å². The molecule has 4 aliphatic rings. The van der Waals surface area contributed by atoms with Crippen LogP contribution in [0.15, 0.2) is 97.1 Å². The average Bonchev–Trinajstić information content (AvgIpc) is 4.00. The Hall–Kier alpha value is -5.51.